The standard InChI is InChI=1S/C20H14N2O2/c21-22(13-7-2-1-3-8-13)17-12-6-11-16-18(17)20(24)15-10-5-4-9-14(15)19(16)23/h1-12H,21H2. The minimum atomic E-state index is -0.179. The number of rotatable bonds is 2. The highest BCUT2D eigenvalue weighted by Gasteiger charge is 2.32. The van der Waals surface area contributed by atoms with Crippen molar-refractivity contribution < 1.29 is 9.59 Å². The summed E-state index contributed by atoms with van der Waals surface area (Å²) in [6, 6.07) is 21.4. The van der Waals surface area contributed by atoms with Crippen LogP contribution in [0, 0.1) is 0 Å². The van der Waals surface area contributed by atoms with Gasteiger partial charge in [0.15, 0.2) is 11.6 Å². The second-order valence-electron chi connectivity index (χ2n) is 5.61. The molecule has 0 heterocycles. The molecule has 0 saturated carbocycles. The van der Waals surface area contributed by atoms with Gasteiger partial charge in [0.1, 0.15) is 0 Å². The first-order valence-corrected chi connectivity index (χ1v) is 7.60. The molecule has 0 saturated heterocycles. The Bertz CT molecular complexity index is 964. The predicted molar refractivity (Wildman–Crippen MR) is 92.5 cm³/mol. The van der Waals surface area contributed by atoms with Gasteiger partial charge in [-0.3, -0.25) is 14.6 Å². The Hall–Kier alpha value is -3.24. The number of nitrogens with two attached hydrogens (primary N) is 1. The molecule has 1 aliphatic rings. The zero-order valence-electron chi connectivity index (χ0n) is 12.8. The lowest BCUT2D eigenvalue weighted by Gasteiger charge is -2.25. The minimum absolute atomic E-state index is 0.150. The van der Waals surface area contributed by atoms with E-state index < -0.39 is 0 Å². The topological polar surface area (TPSA) is 63.4 Å². The largest absolute Gasteiger partial charge is 0.289 e. The molecule has 2 N–H and O–H groups in total. The molecule has 0 atom stereocenters. The van der Waals surface area contributed by atoms with E-state index in [0.717, 1.165) is 5.69 Å². The molecule has 0 bridgehead atoms. The van der Waals surface area contributed by atoms with Gasteiger partial charge < -0.3 is 0 Å². The Labute approximate surface area is 139 Å². The monoisotopic (exact) mass is 314 g/mol. The summed E-state index contributed by atoms with van der Waals surface area (Å²) in [4.78, 5) is 25.7. The van der Waals surface area contributed by atoms with Crippen molar-refractivity contribution in [2.45, 2.75) is 0 Å². The van der Waals surface area contributed by atoms with Crippen molar-refractivity contribution in [3.05, 3.63) is 95.1 Å². The molecule has 0 radical (unpaired) electrons. The Morgan fingerprint density at radius 3 is 1.92 bits per heavy atom. The number of anilines is 2. The van der Waals surface area contributed by atoms with Gasteiger partial charge in [-0.25, -0.2) is 5.84 Å². The van der Waals surface area contributed by atoms with Crippen molar-refractivity contribution in [3.8, 4) is 0 Å². The average Bonchev–Trinajstić information content (AvgIpc) is 2.65. The average molecular weight is 314 g/mol. The van der Waals surface area contributed by atoms with Crippen molar-refractivity contribution in [1.29, 1.82) is 0 Å². The van der Waals surface area contributed by atoms with Crippen LogP contribution in [0.5, 0.6) is 0 Å². The van der Waals surface area contributed by atoms with Crippen LogP contribution in [0.4, 0.5) is 11.4 Å². The van der Waals surface area contributed by atoms with Gasteiger partial charge in [0.2, 0.25) is 0 Å². The van der Waals surface area contributed by atoms with Crippen LogP contribution in [0.3, 0.4) is 0 Å². The molecule has 116 valence electrons. The van der Waals surface area contributed by atoms with Crippen LogP contribution in [-0.2, 0) is 0 Å². The molecule has 0 amide bonds. The lowest BCUT2D eigenvalue weighted by atomic mass is 9.83. The number of carbonyl (C=O) groups excluding carboxylic acids is 2. The number of ketones is 2. The summed E-state index contributed by atoms with van der Waals surface area (Å²) in [5.74, 6) is 5.91. The zero-order valence-corrected chi connectivity index (χ0v) is 12.8. The molecule has 0 fully saturated rings. The molecule has 1 aliphatic carbocycles. The van der Waals surface area contributed by atoms with Crippen molar-refractivity contribution in [2.75, 3.05) is 5.01 Å². The van der Waals surface area contributed by atoms with Gasteiger partial charge in [0.25, 0.3) is 0 Å². The lowest BCUT2D eigenvalue weighted by molar-refractivity contribution is 0.0979. The van der Waals surface area contributed by atoms with Crippen molar-refractivity contribution >= 4 is 22.9 Å². The number of fused-ring (bicyclic) bond motifs is 2. The second kappa shape index (κ2) is 5.44. The fraction of sp³-hybridized carbons (Fsp3) is 0. The van der Waals surface area contributed by atoms with E-state index in [-0.39, 0.29) is 11.6 Å². The van der Waals surface area contributed by atoms with E-state index in [1.165, 1.54) is 5.01 Å². The minimum Gasteiger partial charge on any atom is -0.289 e. The Kier molecular flexibility index (Phi) is 3.25. The van der Waals surface area contributed by atoms with E-state index in [1.54, 1.807) is 42.5 Å². The molecule has 4 heteroatoms. The number of hydrazine groups is 1. The summed E-state index contributed by atoms with van der Waals surface area (Å²) in [5.41, 5.74) is 2.87. The van der Waals surface area contributed by atoms with Gasteiger partial charge in [0, 0.05) is 16.7 Å². The molecule has 3 aromatic rings. The summed E-state index contributed by atoms with van der Waals surface area (Å²) in [7, 11) is 0. The number of nitrogens with zero attached hydrogens (tertiary/aromatic N) is 1. The third-order valence-corrected chi connectivity index (χ3v) is 4.22. The molecule has 24 heavy (non-hydrogen) atoms. The van der Waals surface area contributed by atoms with Gasteiger partial charge in [0.05, 0.1) is 16.9 Å². The van der Waals surface area contributed by atoms with Crippen LogP contribution in [-0.4, -0.2) is 11.6 Å². The quantitative estimate of drug-likeness (QED) is 0.454. The highest BCUT2D eigenvalue weighted by molar-refractivity contribution is 6.30. The van der Waals surface area contributed by atoms with Crippen LogP contribution >= 0.6 is 0 Å². The second-order valence-corrected chi connectivity index (χ2v) is 5.61. The molecule has 0 aliphatic heterocycles. The summed E-state index contributed by atoms with van der Waals surface area (Å²) in [5, 5.41) is 1.44. The highest BCUT2D eigenvalue weighted by Crippen LogP contribution is 2.35. The number of hydrogen-bond donors (Lipinski definition) is 1. The molecular weight excluding hydrogens is 300 g/mol. The highest BCUT2D eigenvalue weighted by atomic mass is 16.1. The first-order chi connectivity index (χ1) is 11.7. The number of benzene rings is 3. The molecular formula is C20H14N2O2. The summed E-state index contributed by atoms with van der Waals surface area (Å²) >= 11 is 0. The van der Waals surface area contributed by atoms with Crippen LogP contribution < -0.4 is 10.9 Å². The Morgan fingerprint density at radius 1 is 0.625 bits per heavy atom. The first-order valence-electron chi connectivity index (χ1n) is 7.60. The number of hydrogen-bond acceptors (Lipinski definition) is 4. The van der Waals surface area contributed by atoms with E-state index in [1.807, 2.05) is 30.3 Å². The third kappa shape index (κ3) is 2.05. The van der Waals surface area contributed by atoms with E-state index >= 15 is 0 Å². The smallest absolute Gasteiger partial charge is 0.196 e. The summed E-state index contributed by atoms with van der Waals surface area (Å²) in [6.07, 6.45) is 0. The third-order valence-electron chi connectivity index (χ3n) is 4.22. The molecule has 4 nitrogen and oxygen atoms in total. The first kappa shape index (κ1) is 14.4. The molecule has 3 aromatic carbocycles. The van der Waals surface area contributed by atoms with Crippen LogP contribution in [0.15, 0.2) is 72.8 Å². The lowest BCUT2D eigenvalue weighted by Crippen LogP contribution is -2.30. The maximum Gasteiger partial charge on any atom is 0.196 e. The summed E-state index contributed by atoms with van der Waals surface area (Å²) < 4.78 is 0. The van der Waals surface area contributed by atoms with E-state index in [9.17, 15) is 9.59 Å². The normalized spacial score (nSPS) is 12.5. The van der Waals surface area contributed by atoms with E-state index in [4.69, 9.17) is 5.84 Å². The van der Waals surface area contributed by atoms with Gasteiger partial charge in [-0.05, 0) is 18.2 Å². The van der Waals surface area contributed by atoms with Crippen LogP contribution in [0.2, 0.25) is 0 Å². The molecule has 0 spiro atoms. The zero-order chi connectivity index (χ0) is 16.7. The van der Waals surface area contributed by atoms with Crippen molar-refractivity contribution in [3.63, 3.8) is 0 Å². The number of para-hydroxylation sites is 1. The predicted octanol–water partition coefficient (Wildman–Crippen LogP) is 3.47. The van der Waals surface area contributed by atoms with Gasteiger partial charge >= 0.3 is 0 Å². The fourth-order valence-electron chi connectivity index (χ4n) is 3.06. The Balaban J connectivity index is 1.92. The van der Waals surface area contributed by atoms with E-state index in [2.05, 4.69) is 0 Å². The molecule has 4 rings (SSSR count). The SMILES string of the molecule is NN(c1ccccc1)c1cccc2c1C(=O)c1ccccc1C2=O. The fourth-order valence-corrected chi connectivity index (χ4v) is 3.06. The van der Waals surface area contributed by atoms with Gasteiger partial charge in [-0.15, -0.1) is 0 Å². The maximum absolute atomic E-state index is 13.0. The van der Waals surface area contributed by atoms with Crippen molar-refractivity contribution in [1.82, 2.24) is 0 Å². The molecule has 0 aromatic heterocycles. The summed E-state index contributed by atoms with van der Waals surface area (Å²) in [6.45, 7) is 0. The number of carbonyl (C=O) groups is 2. The van der Waals surface area contributed by atoms with Crippen LogP contribution in [0.1, 0.15) is 31.8 Å². The van der Waals surface area contributed by atoms with Gasteiger partial charge in [-0.1, -0.05) is 54.6 Å². The van der Waals surface area contributed by atoms with Crippen molar-refractivity contribution in [2.24, 2.45) is 5.84 Å². The van der Waals surface area contributed by atoms with Gasteiger partial charge in [-0.2, -0.15) is 0 Å². The molecule has 0 unspecified atom stereocenters. The maximum atomic E-state index is 13.0. The van der Waals surface area contributed by atoms with E-state index in [0.29, 0.717) is 27.9 Å². The van der Waals surface area contributed by atoms with Crippen LogP contribution in [0.25, 0.3) is 0 Å². The Morgan fingerprint density at radius 2 is 1.21 bits per heavy atom.